The standard InChI is InChI=1S/C18H18N2O2/c1-13-6-7-17(8-14(13)2)22-12-18(21)20-11-16-5-3-4-15(9-16)10-19/h3-9H,11-12H2,1-2H3,(H,20,21). The number of nitrogens with one attached hydrogen (secondary N) is 1. The van der Waals surface area contributed by atoms with Gasteiger partial charge in [0.15, 0.2) is 6.61 Å². The van der Waals surface area contributed by atoms with Gasteiger partial charge in [0.2, 0.25) is 0 Å². The van der Waals surface area contributed by atoms with Crippen LogP contribution >= 0.6 is 0 Å². The summed E-state index contributed by atoms with van der Waals surface area (Å²) in [6, 6.07) is 15.0. The van der Waals surface area contributed by atoms with Gasteiger partial charge in [0, 0.05) is 6.54 Å². The fourth-order valence-electron chi connectivity index (χ4n) is 1.96. The number of rotatable bonds is 5. The quantitative estimate of drug-likeness (QED) is 0.922. The highest BCUT2D eigenvalue weighted by atomic mass is 16.5. The first kappa shape index (κ1) is 15.6. The molecule has 0 aliphatic rings. The lowest BCUT2D eigenvalue weighted by molar-refractivity contribution is -0.123. The van der Waals surface area contributed by atoms with E-state index in [0.29, 0.717) is 17.9 Å². The Bertz CT molecular complexity index is 717. The van der Waals surface area contributed by atoms with E-state index in [1.165, 1.54) is 5.56 Å². The van der Waals surface area contributed by atoms with E-state index in [1.807, 2.05) is 38.1 Å². The Kier molecular flexibility index (Phi) is 5.16. The summed E-state index contributed by atoms with van der Waals surface area (Å²) in [6.07, 6.45) is 0. The van der Waals surface area contributed by atoms with Crippen LogP contribution in [-0.4, -0.2) is 12.5 Å². The third-order valence-electron chi connectivity index (χ3n) is 3.39. The molecule has 0 unspecified atom stereocenters. The predicted molar refractivity (Wildman–Crippen MR) is 84.4 cm³/mol. The van der Waals surface area contributed by atoms with Crippen molar-refractivity contribution in [1.82, 2.24) is 5.32 Å². The maximum Gasteiger partial charge on any atom is 0.258 e. The topological polar surface area (TPSA) is 62.1 Å². The van der Waals surface area contributed by atoms with Gasteiger partial charge in [-0.15, -0.1) is 0 Å². The van der Waals surface area contributed by atoms with Gasteiger partial charge in [-0.1, -0.05) is 18.2 Å². The summed E-state index contributed by atoms with van der Waals surface area (Å²) in [5.41, 5.74) is 3.79. The second kappa shape index (κ2) is 7.28. The molecule has 0 aliphatic carbocycles. The Morgan fingerprint density at radius 1 is 1.18 bits per heavy atom. The number of aryl methyl sites for hydroxylation is 2. The van der Waals surface area contributed by atoms with Crippen LogP contribution in [0.15, 0.2) is 42.5 Å². The lowest BCUT2D eigenvalue weighted by atomic mass is 10.1. The number of carbonyl (C=O) groups is 1. The molecule has 0 atom stereocenters. The summed E-state index contributed by atoms with van der Waals surface area (Å²) < 4.78 is 5.47. The minimum absolute atomic E-state index is 0.0273. The zero-order valence-corrected chi connectivity index (χ0v) is 12.7. The average molecular weight is 294 g/mol. The summed E-state index contributed by atoms with van der Waals surface area (Å²) in [5.74, 6) is 0.491. The molecular weight excluding hydrogens is 276 g/mol. The Morgan fingerprint density at radius 2 is 2.00 bits per heavy atom. The van der Waals surface area contributed by atoms with Crippen LogP contribution in [0.2, 0.25) is 0 Å². The summed E-state index contributed by atoms with van der Waals surface area (Å²) >= 11 is 0. The van der Waals surface area contributed by atoms with Crippen molar-refractivity contribution in [3.63, 3.8) is 0 Å². The molecular formula is C18H18N2O2. The van der Waals surface area contributed by atoms with Crippen LogP contribution in [0.1, 0.15) is 22.3 Å². The molecule has 0 saturated heterocycles. The SMILES string of the molecule is Cc1ccc(OCC(=O)NCc2cccc(C#N)c2)cc1C. The fourth-order valence-corrected chi connectivity index (χ4v) is 1.96. The van der Waals surface area contributed by atoms with E-state index in [1.54, 1.807) is 18.2 Å². The van der Waals surface area contributed by atoms with Crippen LogP contribution in [0.3, 0.4) is 0 Å². The second-order valence-electron chi connectivity index (χ2n) is 5.12. The van der Waals surface area contributed by atoms with Crippen molar-refractivity contribution in [3.05, 3.63) is 64.7 Å². The fraction of sp³-hybridized carbons (Fsp3) is 0.222. The lowest BCUT2D eigenvalue weighted by Crippen LogP contribution is -2.28. The number of hydrogen-bond acceptors (Lipinski definition) is 3. The summed E-state index contributed by atoms with van der Waals surface area (Å²) in [4.78, 5) is 11.8. The first-order valence-electron chi connectivity index (χ1n) is 7.04. The van der Waals surface area contributed by atoms with Gasteiger partial charge in [-0.25, -0.2) is 0 Å². The molecule has 0 bridgehead atoms. The highest BCUT2D eigenvalue weighted by molar-refractivity contribution is 5.77. The number of amides is 1. The molecule has 1 amide bonds. The van der Waals surface area contributed by atoms with Gasteiger partial charge in [0.05, 0.1) is 11.6 Å². The van der Waals surface area contributed by atoms with Crippen LogP contribution in [0.5, 0.6) is 5.75 Å². The number of nitrogens with zero attached hydrogens (tertiary/aromatic N) is 1. The normalized spacial score (nSPS) is 9.86. The van der Waals surface area contributed by atoms with Gasteiger partial charge >= 0.3 is 0 Å². The van der Waals surface area contributed by atoms with Gasteiger partial charge in [-0.05, 0) is 54.8 Å². The van der Waals surface area contributed by atoms with Crippen molar-refractivity contribution in [2.45, 2.75) is 20.4 Å². The number of benzene rings is 2. The van der Waals surface area contributed by atoms with E-state index in [0.717, 1.165) is 11.1 Å². The van der Waals surface area contributed by atoms with Crippen molar-refractivity contribution >= 4 is 5.91 Å². The predicted octanol–water partition coefficient (Wildman–Crippen LogP) is 2.87. The van der Waals surface area contributed by atoms with Crippen molar-refractivity contribution in [2.75, 3.05) is 6.61 Å². The van der Waals surface area contributed by atoms with E-state index in [9.17, 15) is 4.79 Å². The van der Waals surface area contributed by atoms with Crippen LogP contribution < -0.4 is 10.1 Å². The minimum Gasteiger partial charge on any atom is -0.484 e. The van der Waals surface area contributed by atoms with Gasteiger partial charge in [-0.2, -0.15) is 5.26 Å². The monoisotopic (exact) mass is 294 g/mol. The summed E-state index contributed by atoms with van der Waals surface area (Å²) in [6.45, 7) is 4.39. The Hall–Kier alpha value is -2.80. The summed E-state index contributed by atoms with van der Waals surface area (Å²) in [5, 5.41) is 11.6. The first-order chi connectivity index (χ1) is 10.6. The molecule has 2 aromatic carbocycles. The van der Waals surface area contributed by atoms with E-state index in [4.69, 9.17) is 10.00 Å². The van der Waals surface area contributed by atoms with Gasteiger partial charge in [0.1, 0.15) is 5.75 Å². The second-order valence-corrected chi connectivity index (χ2v) is 5.12. The Balaban J connectivity index is 1.83. The van der Waals surface area contributed by atoms with E-state index in [2.05, 4.69) is 11.4 Å². The molecule has 2 aromatic rings. The van der Waals surface area contributed by atoms with Crippen LogP contribution in [0, 0.1) is 25.2 Å². The minimum atomic E-state index is -0.194. The number of carbonyl (C=O) groups excluding carboxylic acids is 1. The van der Waals surface area contributed by atoms with Crippen LogP contribution in [0.4, 0.5) is 0 Å². The van der Waals surface area contributed by atoms with Gasteiger partial charge in [0.25, 0.3) is 5.91 Å². The molecule has 0 radical (unpaired) electrons. The Morgan fingerprint density at radius 3 is 2.73 bits per heavy atom. The van der Waals surface area contributed by atoms with Crippen LogP contribution in [0.25, 0.3) is 0 Å². The highest BCUT2D eigenvalue weighted by Crippen LogP contribution is 2.16. The summed E-state index contributed by atoms with van der Waals surface area (Å²) in [7, 11) is 0. The third-order valence-corrected chi connectivity index (χ3v) is 3.39. The van der Waals surface area contributed by atoms with E-state index >= 15 is 0 Å². The van der Waals surface area contributed by atoms with E-state index < -0.39 is 0 Å². The zero-order chi connectivity index (χ0) is 15.9. The molecule has 0 heterocycles. The average Bonchev–Trinajstić information content (AvgIpc) is 2.54. The van der Waals surface area contributed by atoms with Crippen molar-refractivity contribution in [3.8, 4) is 11.8 Å². The van der Waals surface area contributed by atoms with Crippen molar-refractivity contribution in [1.29, 1.82) is 5.26 Å². The van der Waals surface area contributed by atoms with E-state index in [-0.39, 0.29) is 12.5 Å². The maximum atomic E-state index is 11.8. The molecule has 0 aliphatic heterocycles. The molecule has 0 spiro atoms. The molecule has 0 saturated carbocycles. The third kappa shape index (κ3) is 4.35. The molecule has 0 aromatic heterocycles. The molecule has 1 N–H and O–H groups in total. The molecule has 112 valence electrons. The van der Waals surface area contributed by atoms with Gasteiger partial charge < -0.3 is 10.1 Å². The maximum absolute atomic E-state index is 11.8. The highest BCUT2D eigenvalue weighted by Gasteiger charge is 2.04. The molecule has 4 nitrogen and oxygen atoms in total. The zero-order valence-electron chi connectivity index (χ0n) is 12.7. The molecule has 2 rings (SSSR count). The lowest BCUT2D eigenvalue weighted by Gasteiger charge is -2.09. The molecule has 4 heteroatoms. The Labute approximate surface area is 130 Å². The number of nitriles is 1. The largest absolute Gasteiger partial charge is 0.484 e. The number of hydrogen-bond donors (Lipinski definition) is 1. The van der Waals surface area contributed by atoms with Crippen molar-refractivity contribution < 1.29 is 9.53 Å². The first-order valence-corrected chi connectivity index (χ1v) is 7.04. The molecule has 22 heavy (non-hydrogen) atoms. The van der Waals surface area contributed by atoms with Crippen LogP contribution in [-0.2, 0) is 11.3 Å². The number of ether oxygens (including phenoxy) is 1. The van der Waals surface area contributed by atoms with Crippen molar-refractivity contribution in [2.24, 2.45) is 0 Å². The molecule has 0 fully saturated rings. The van der Waals surface area contributed by atoms with Gasteiger partial charge in [-0.3, -0.25) is 4.79 Å². The smallest absolute Gasteiger partial charge is 0.258 e.